The van der Waals surface area contributed by atoms with Crippen molar-refractivity contribution in [2.24, 2.45) is 5.41 Å². The summed E-state index contributed by atoms with van der Waals surface area (Å²) in [7, 11) is 0. The fraction of sp³-hybridized carbons (Fsp3) is 0.412. The lowest BCUT2D eigenvalue weighted by atomic mass is 9.86. The third-order valence-electron chi connectivity index (χ3n) is 4.95. The van der Waals surface area contributed by atoms with Gasteiger partial charge in [0.25, 0.3) is 5.91 Å². The Morgan fingerprint density at radius 2 is 2.22 bits per heavy atom. The molecule has 2 aromatic rings. The summed E-state index contributed by atoms with van der Waals surface area (Å²) in [5.74, 6) is 0.824. The minimum atomic E-state index is -0.105. The highest BCUT2D eigenvalue weighted by Gasteiger charge is 2.49. The molecule has 2 aromatic heterocycles. The molecule has 6 heteroatoms. The Kier molecular flexibility index (Phi) is 3.30. The maximum Gasteiger partial charge on any atom is 0.257 e. The third-order valence-corrected chi connectivity index (χ3v) is 5.62. The molecular weight excluding hydrogens is 312 g/mol. The first-order valence-corrected chi connectivity index (χ1v) is 8.68. The monoisotopic (exact) mass is 330 g/mol. The number of aryl methyl sites for hydroxylation is 1. The van der Waals surface area contributed by atoms with E-state index in [4.69, 9.17) is 4.42 Å². The number of likely N-dealkylation sites (tertiary alicyclic amines) is 1. The Bertz CT molecular complexity index is 752. The Hall–Kier alpha value is -2.08. The van der Waals surface area contributed by atoms with E-state index in [0.717, 1.165) is 12.1 Å². The Morgan fingerprint density at radius 3 is 2.91 bits per heavy atom. The number of hydrogen-bond acceptors (Lipinski definition) is 4. The summed E-state index contributed by atoms with van der Waals surface area (Å²) in [6.07, 6.45) is 2.95. The van der Waals surface area contributed by atoms with Crippen LogP contribution < -0.4 is 4.90 Å². The van der Waals surface area contributed by atoms with Crippen LogP contribution in [-0.2, 0) is 4.79 Å². The quantitative estimate of drug-likeness (QED) is 0.851. The Morgan fingerprint density at radius 1 is 1.35 bits per heavy atom. The van der Waals surface area contributed by atoms with Gasteiger partial charge in [-0.1, -0.05) is 0 Å². The van der Waals surface area contributed by atoms with Crippen LogP contribution in [0.3, 0.4) is 0 Å². The average molecular weight is 330 g/mol. The number of hydrogen-bond donors (Lipinski definition) is 0. The molecular formula is C17H18N2O3S. The van der Waals surface area contributed by atoms with E-state index in [0.29, 0.717) is 37.4 Å². The molecule has 0 N–H and O–H groups in total. The summed E-state index contributed by atoms with van der Waals surface area (Å²) in [5, 5.41) is 3.99. The molecule has 1 atom stereocenters. The first-order valence-electron chi connectivity index (χ1n) is 7.74. The van der Waals surface area contributed by atoms with Crippen molar-refractivity contribution in [3.8, 4) is 0 Å². The molecule has 0 radical (unpaired) electrons. The molecule has 2 saturated heterocycles. The molecule has 1 unspecified atom stereocenters. The van der Waals surface area contributed by atoms with E-state index in [-0.39, 0.29) is 17.2 Å². The van der Waals surface area contributed by atoms with Crippen LogP contribution in [0.25, 0.3) is 0 Å². The summed E-state index contributed by atoms with van der Waals surface area (Å²) in [6, 6.07) is 3.70. The lowest BCUT2D eigenvalue weighted by Gasteiger charge is -2.23. The molecule has 2 fully saturated rings. The first kappa shape index (κ1) is 14.5. The van der Waals surface area contributed by atoms with Crippen molar-refractivity contribution >= 4 is 28.8 Å². The standard InChI is InChI=1S/C17H18N2O3S/c1-12-14(2-6-22-12)16(21)18-5-4-17(10-18)8-15(20)19(11-17)13-3-7-23-9-13/h2-3,6-7,9H,4-5,8,10-11H2,1H3. The van der Waals surface area contributed by atoms with Gasteiger partial charge in [-0.25, -0.2) is 0 Å². The number of anilines is 1. The van der Waals surface area contributed by atoms with Crippen LogP contribution in [-0.4, -0.2) is 36.3 Å². The van der Waals surface area contributed by atoms with E-state index < -0.39 is 0 Å². The highest BCUT2D eigenvalue weighted by Crippen LogP contribution is 2.42. The molecule has 5 nitrogen and oxygen atoms in total. The predicted molar refractivity (Wildman–Crippen MR) is 87.7 cm³/mol. The van der Waals surface area contributed by atoms with Crippen molar-refractivity contribution in [2.45, 2.75) is 19.8 Å². The van der Waals surface area contributed by atoms with Crippen molar-refractivity contribution in [1.29, 1.82) is 0 Å². The SMILES string of the molecule is Cc1occc1C(=O)N1CCC2(CC(=O)N(c3ccsc3)C2)C1. The van der Waals surface area contributed by atoms with Crippen LogP contribution in [0.1, 0.15) is 29.0 Å². The first-order chi connectivity index (χ1) is 11.1. The van der Waals surface area contributed by atoms with Crippen LogP contribution in [0.5, 0.6) is 0 Å². The average Bonchev–Trinajstić information content (AvgIpc) is 3.28. The van der Waals surface area contributed by atoms with Gasteiger partial charge in [0, 0.05) is 36.9 Å². The second-order valence-electron chi connectivity index (χ2n) is 6.51. The van der Waals surface area contributed by atoms with Gasteiger partial charge < -0.3 is 14.2 Å². The predicted octanol–water partition coefficient (Wildman–Crippen LogP) is 2.92. The van der Waals surface area contributed by atoms with Gasteiger partial charge in [-0.15, -0.1) is 0 Å². The fourth-order valence-corrected chi connectivity index (χ4v) is 4.34. The van der Waals surface area contributed by atoms with Crippen LogP contribution >= 0.6 is 11.3 Å². The minimum absolute atomic E-state index is 0.00885. The Balaban J connectivity index is 1.51. The molecule has 2 aliphatic rings. The van der Waals surface area contributed by atoms with Gasteiger partial charge in [0.15, 0.2) is 0 Å². The molecule has 0 bridgehead atoms. The largest absolute Gasteiger partial charge is 0.469 e. The summed E-state index contributed by atoms with van der Waals surface area (Å²) < 4.78 is 5.24. The second kappa shape index (κ2) is 5.23. The lowest BCUT2D eigenvalue weighted by molar-refractivity contribution is -0.117. The van der Waals surface area contributed by atoms with Crippen molar-refractivity contribution < 1.29 is 14.0 Å². The van der Waals surface area contributed by atoms with E-state index >= 15 is 0 Å². The molecule has 1 spiro atoms. The number of carbonyl (C=O) groups is 2. The van der Waals surface area contributed by atoms with Crippen molar-refractivity contribution in [1.82, 2.24) is 4.90 Å². The molecule has 2 amide bonds. The molecule has 0 aliphatic carbocycles. The summed E-state index contributed by atoms with van der Waals surface area (Å²) in [6.45, 7) is 3.85. The van der Waals surface area contributed by atoms with E-state index in [2.05, 4.69) is 0 Å². The molecule has 4 heterocycles. The van der Waals surface area contributed by atoms with Gasteiger partial charge in [0.2, 0.25) is 5.91 Å². The summed E-state index contributed by atoms with van der Waals surface area (Å²) in [4.78, 5) is 28.8. The van der Waals surface area contributed by atoms with Crippen LogP contribution in [0.2, 0.25) is 0 Å². The normalized spacial score (nSPS) is 24.1. The maximum atomic E-state index is 12.6. The Labute approximate surface area is 138 Å². The zero-order chi connectivity index (χ0) is 16.0. The van der Waals surface area contributed by atoms with Gasteiger partial charge in [-0.2, -0.15) is 11.3 Å². The van der Waals surface area contributed by atoms with E-state index in [1.54, 1.807) is 30.6 Å². The van der Waals surface area contributed by atoms with E-state index in [1.165, 1.54) is 0 Å². The highest BCUT2D eigenvalue weighted by molar-refractivity contribution is 7.08. The molecule has 120 valence electrons. The topological polar surface area (TPSA) is 53.8 Å². The van der Waals surface area contributed by atoms with Crippen molar-refractivity contribution in [3.63, 3.8) is 0 Å². The zero-order valence-electron chi connectivity index (χ0n) is 12.9. The molecule has 23 heavy (non-hydrogen) atoms. The van der Waals surface area contributed by atoms with Gasteiger partial charge in [0.1, 0.15) is 5.76 Å². The van der Waals surface area contributed by atoms with Crippen LogP contribution in [0, 0.1) is 12.3 Å². The number of furan rings is 1. The van der Waals surface area contributed by atoms with Crippen LogP contribution in [0.15, 0.2) is 33.6 Å². The molecule has 4 rings (SSSR count). The number of thiophene rings is 1. The lowest BCUT2D eigenvalue weighted by Crippen LogP contribution is -2.34. The fourth-order valence-electron chi connectivity index (χ4n) is 3.70. The molecule has 0 saturated carbocycles. The maximum absolute atomic E-state index is 12.6. The van der Waals surface area contributed by atoms with E-state index in [9.17, 15) is 9.59 Å². The third kappa shape index (κ3) is 2.37. The van der Waals surface area contributed by atoms with Crippen molar-refractivity contribution in [3.05, 3.63) is 40.5 Å². The number of amides is 2. The minimum Gasteiger partial charge on any atom is -0.469 e. The molecule has 0 aromatic carbocycles. The number of carbonyl (C=O) groups excluding carboxylic acids is 2. The van der Waals surface area contributed by atoms with Gasteiger partial charge >= 0.3 is 0 Å². The van der Waals surface area contributed by atoms with Crippen molar-refractivity contribution in [2.75, 3.05) is 24.5 Å². The van der Waals surface area contributed by atoms with Gasteiger partial charge in [0.05, 0.1) is 17.5 Å². The van der Waals surface area contributed by atoms with Gasteiger partial charge in [-0.05, 0) is 30.9 Å². The number of nitrogens with zero attached hydrogens (tertiary/aromatic N) is 2. The van der Waals surface area contributed by atoms with Crippen LogP contribution in [0.4, 0.5) is 5.69 Å². The molecule has 2 aliphatic heterocycles. The summed E-state index contributed by atoms with van der Waals surface area (Å²) >= 11 is 1.60. The van der Waals surface area contributed by atoms with Gasteiger partial charge in [-0.3, -0.25) is 9.59 Å². The van der Waals surface area contributed by atoms with E-state index in [1.807, 2.05) is 26.6 Å². The second-order valence-corrected chi connectivity index (χ2v) is 7.29. The smallest absolute Gasteiger partial charge is 0.257 e. The highest BCUT2D eigenvalue weighted by atomic mass is 32.1. The zero-order valence-corrected chi connectivity index (χ0v) is 13.8. The summed E-state index contributed by atoms with van der Waals surface area (Å²) in [5.41, 5.74) is 1.50. The number of rotatable bonds is 2.